The van der Waals surface area contributed by atoms with Crippen LogP contribution in [0.1, 0.15) is 37.7 Å². The Morgan fingerprint density at radius 1 is 0.667 bits per heavy atom. The van der Waals surface area contributed by atoms with E-state index >= 15 is 0 Å². The third-order valence-electron chi connectivity index (χ3n) is 5.28. The van der Waals surface area contributed by atoms with Crippen LogP contribution in [0, 0.1) is 0 Å². The van der Waals surface area contributed by atoms with Gasteiger partial charge in [0.05, 0.1) is 12.5 Å². The number of benzene rings is 1. The minimum Gasteiger partial charge on any atom is -0.508 e. The first kappa shape index (κ1) is 32.3. The molecule has 0 heterocycles. The maximum Gasteiger partial charge on any atom is 0.326 e. The van der Waals surface area contributed by atoms with E-state index in [2.05, 4.69) is 10.6 Å². The highest BCUT2D eigenvalue weighted by atomic mass is 16.4. The highest BCUT2D eigenvalue weighted by molar-refractivity contribution is 5.95. The monoisotopic (exact) mass is 554 g/mol. The molecule has 39 heavy (non-hydrogen) atoms. The largest absolute Gasteiger partial charge is 0.508 e. The molecule has 4 atom stereocenters. The molecule has 0 aliphatic heterocycles. The molecule has 1 aromatic carbocycles. The summed E-state index contributed by atoms with van der Waals surface area (Å²) in [4.78, 5) is 82.6. The molecule has 1 rings (SSSR count). The van der Waals surface area contributed by atoms with Crippen molar-refractivity contribution in [1.82, 2.24) is 16.0 Å². The Bertz CT molecular complexity index is 1080. The zero-order chi connectivity index (χ0) is 29.7. The molecule has 16 nitrogen and oxygen atoms in total. The van der Waals surface area contributed by atoms with Crippen molar-refractivity contribution in [3.8, 4) is 5.75 Å². The Kier molecular flexibility index (Phi) is 12.8. The molecule has 0 spiro atoms. The first-order valence-corrected chi connectivity index (χ1v) is 11.5. The number of hydrogen-bond donors (Lipinski definition) is 9. The predicted molar refractivity (Wildman–Crippen MR) is 129 cm³/mol. The van der Waals surface area contributed by atoms with Crippen LogP contribution in [0.2, 0.25) is 0 Å². The van der Waals surface area contributed by atoms with Crippen LogP contribution < -0.4 is 21.7 Å². The lowest BCUT2D eigenvalue weighted by molar-refractivity contribution is -0.144. The summed E-state index contributed by atoms with van der Waals surface area (Å²) in [6, 6.07) is -0.616. The van der Waals surface area contributed by atoms with Crippen molar-refractivity contribution < 1.29 is 59.1 Å². The molecular formula is C23H30N4O12. The number of aliphatic carboxylic acids is 4. The number of carbonyl (C=O) groups excluding carboxylic acids is 3. The van der Waals surface area contributed by atoms with E-state index in [0.29, 0.717) is 5.56 Å². The third-order valence-corrected chi connectivity index (χ3v) is 5.28. The zero-order valence-electron chi connectivity index (χ0n) is 20.5. The van der Waals surface area contributed by atoms with Gasteiger partial charge in [-0.3, -0.25) is 28.8 Å². The Morgan fingerprint density at radius 2 is 1.13 bits per heavy atom. The van der Waals surface area contributed by atoms with Crippen LogP contribution >= 0.6 is 0 Å². The number of phenols is 1. The van der Waals surface area contributed by atoms with Crippen LogP contribution in [0.4, 0.5) is 0 Å². The molecule has 4 unspecified atom stereocenters. The molecular weight excluding hydrogens is 524 g/mol. The van der Waals surface area contributed by atoms with Gasteiger partial charge in [0, 0.05) is 12.8 Å². The van der Waals surface area contributed by atoms with Crippen molar-refractivity contribution >= 4 is 41.6 Å². The van der Waals surface area contributed by atoms with E-state index in [-0.39, 0.29) is 12.2 Å². The first-order chi connectivity index (χ1) is 18.2. The molecule has 0 saturated heterocycles. The fourth-order valence-corrected chi connectivity index (χ4v) is 3.25. The lowest BCUT2D eigenvalue weighted by Crippen LogP contribution is -2.57. The smallest absolute Gasteiger partial charge is 0.326 e. The molecule has 1 aromatic rings. The van der Waals surface area contributed by atoms with Gasteiger partial charge in [-0.1, -0.05) is 12.1 Å². The SMILES string of the molecule is NC(Cc1ccc(O)cc1)C(=O)NC(CC(=O)O)C(=O)NC(CCC(=O)O)C(=O)NC(CCC(=O)O)C(=O)O. The number of carboxylic acid groups (broad SMARTS) is 4. The summed E-state index contributed by atoms with van der Waals surface area (Å²) in [6.07, 6.45) is -3.28. The highest BCUT2D eigenvalue weighted by Gasteiger charge is 2.32. The van der Waals surface area contributed by atoms with Crippen molar-refractivity contribution in [3.63, 3.8) is 0 Å². The maximum atomic E-state index is 12.8. The van der Waals surface area contributed by atoms with Crippen molar-refractivity contribution in [2.24, 2.45) is 5.73 Å². The van der Waals surface area contributed by atoms with Crippen LogP contribution in [0.3, 0.4) is 0 Å². The van der Waals surface area contributed by atoms with Gasteiger partial charge in [-0.25, -0.2) is 4.79 Å². The van der Waals surface area contributed by atoms with Crippen LogP contribution in [0.25, 0.3) is 0 Å². The molecule has 0 bridgehead atoms. The Hall–Kier alpha value is -4.73. The van der Waals surface area contributed by atoms with Crippen molar-refractivity contribution in [1.29, 1.82) is 0 Å². The maximum absolute atomic E-state index is 12.8. The second kappa shape index (κ2) is 15.5. The Labute approximate surface area is 221 Å². The summed E-state index contributed by atoms with van der Waals surface area (Å²) < 4.78 is 0. The van der Waals surface area contributed by atoms with Gasteiger partial charge in [0.2, 0.25) is 17.7 Å². The number of nitrogens with one attached hydrogen (secondary N) is 3. The van der Waals surface area contributed by atoms with E-state index in [1.165, 1.54) is 24.3 Å². The van der Waals surface area contributed by atoms with E-state index in [9.17, 15) is 48.9 Å². The number of carbonyl (C=O) groups is 7. The Morgan fingerprint density at radius 3 is 1.62 bits per heavy atom. The highest BCUT2D eigenvalue weighted by Crippen LogP contribution is 2.11. The van der Waals surface area contributed by atoms with E-state index in [4.69, 9.17) is 15.9 Å². The van der Waals surface area contributed by atoms with E-state index in [1.807, 2.05) is 5.32 Å². The summed E-state index contributed by atoms with van der Waals surface area (Å²) in [6.45, 7) is 0. The summed E-state index contributed by atoms with van der Waals surface area (Å²) in [5.41, 5.74) is 6.40. The van der Waals surface area contributed by atoms with Crippen molar-refractivity contribution in [3.05, 3.63) is 29.8 Å². The normalized spacial score (nSPS) is 13.7. The fourth-order valence-electron chi connectivity index (χ4n) is 3.25. The summed E-state index contributed by atoms with van der Waals surface area (Å²) in [5, 5.41) is 51.8. The van der Waals surface area contributed by atoms with Gasteiger partial charge >= 0.3 is 23.9 Å². The number of aromatic hydroxyl groups is 1. The minimum absolute atomic E-state index is 0.0204. The van der Waals surface area contributed by atoms with Gasteiger partial charge in [0.15, 0.2) is 0 Å². The minimum atomic E-state index is -1.75. The molecule has 214 valence electrons. The van der Waals surface area contributed by atoms with E-state index in [0.717, 1.165) is 0 Å². The summed E-state index contributed by atoms with van der Waals surface area (Å²) in [7, 11) is 0. The quantitative estimate of drug-likeness (QED) is 0.101. The average Bonchev–Trinajstić information content (AvgIpc) is 2.84. The second-order valence-corrected chi connectivity index (χ2v) is 8.46. The van der Waals surface area contributed by atoms with Gasteiger partial charge < -0.3 is 47.2 Å². The van der Waals surface area contributed by atoms with Crippen LogP contribution in [-0.2, 0) is 40.0 Å². The van der Waals surface area contributed by atoms with Crippen molar-refractivity contribution in [2.75, 3.05) is 0 Å². The number of rotatable bonds is 17. The van der Waals surface area contributed by atoms with Gasteiger partial charge in [0.1, 0.15) is 23.9 Å². The number of phenolic OH excluding ortho intramolecular Hbond substituents is 1. The molecule has 0 radical (unpaired) electrons. The van der Waals surface area contributed by atoms with Gasteiger partial charge in [-0.15, -0.1) is 0 Å². The van der Waals surface area contributed by atoms with Gasteiger partial charge in [-0.05, 0) is 37.0 Å². The van der Waals surface area contributed by atoms with E-state index in [1.54, 1.807) is 0 Å². The average molecular weight is 555 g/mol. The van der Waals surface area contributed by atoms with Crippen LogP contribution in [0.5, 0.6) is 5.75 Å². The number of nitrogens with two attached hydrogens (primary N) is 1. The molecule has 0 fully saturated rings. The predicted octanol–water partition coefficient (Wildman–Crippen LogP) is -1.99. The molecule has 3 amide bonds. The zero-order valence-corrected chi connectivity index (χ0v) is 20.5. The summed E-state index contributed by atoms with van der Waals surface area (Å²) in [5.74, 6) is -9.07. The molecule has 0 saturated carbocycles. The molecule has 0 aliphatic carbocycles. The topological polar surface area (TPSA) is 283 Å². The van der Waals surface area contributed by atoms with Gasteiger partial charge in [0.25, 0.3) is 0 Å². The Balaban J connectivity index is 3.01. The molecule has 10 N–H and O–H groups in total. The number of amides is 3. The first-order valence-electron chi connectivity index (χ1n) is 11.5. The van der Waals surface area contributed by atoms with Crippen LogP contribution in [-0.4, -0.2) is 91.3 Å². The van der Waals surface area contributed by atoms with E-state index < -0.39 is 97.9 Å². The third kappa shape index (κ3) is 12.4. The summed E-state index contributed by atoms with van der Waals surface area (Å²) >= 11 is 0. The molecule has 16 heteroatoms. The lowest BCUT2D eigenvalue weighted by Gasteiger charge is -2.24. The lowest BCUT2D eigenvalue weighted by atomic mass is 10.0. The second-order valence-electron chi connectivity index (χ2n) is 8.46. The van der Waals surface area contributed by atoms with Gasteiger partial charge in [-0.2, -0.15) is 0 Å². The molecule has 0 aromatic heterocycles. The fraction of sp³-hybridized carbons (Fsp3) is 0.435. The van der Waals surface area contributed by atoms with Crippen molar-refractivity contribution in [2.45, 2.75) is 62.7 Å². The van der Waals surface area contributed by atoms with Crippen LogP contribution in [0.15, 0.2) is 24.3 Å². The molecule has 0 aliphatic rings. The number of carboxylic acids is 4. The number of hydrogen-bond acceptors (Lipinski definition) is 9. The standard InChI is InChI=1S/C23H30N4O12/c24-13(9-11-1-3-12(28)4-2-11)20(35)27-16(10-19(33)34)22(37)25-14(5-7-17(29)30)21(36)26-15(23(38)39)6-8-18(31)32/h1-4,13-16,28H,5-10,24H2,(H,25,37)(H,26,36)(H,27,35)(H,29,30)(H,31,32)(H,33,34)(H,38,39).